The average Bonchev–Trinajstić information content (AvgIpc) is 3.16. The van der Waals surface area contributed by atoms with E-state index >= 15 is 0 Å². The van der Waals surface area contributed by atoms with Gasteiger partial charge in [0, 0.05) is 35.2 Å². The van der Waals surface area contributed by atoms with E-state index in [4.69, 9.17) is 0 Å². The van der Waals surface area contributed by atoms with Crippen LogP contribution in [0.3, 0.4) is 0 Å². The molecular weight excluding hydrogens is 439 g/mol. The summed E-state index contributed by atoms with van der Waals surface area (Å²) < 4.78 is 36.8. The quantitative estimate of drug-likeness (QED) is 0.346. The first-order valence-corrected chi connectivity index (χ1v) is 11.1. The molecule has 0 unspecified atom stereocenters. The number of anilines is 1. The highest BCUT2D eigenvalue weighted by Crippen LogP contribution is 2.25. The molecule has 0 saturated heterocycles. The smallest absolute Gasteiger partial charge is 0.271 e. The Labute approximate surface area is 181 Å². The van der Waals surface area contributed by atoms with Gasteiger partial charge in [-0.15, -0.1) is 0 Å². The highest BCUT2D eigenvalue weighted by atomic mass is 32.2. The van der Waals surface area contributed by atoms with Gasteiger partial charge in [0.05, 0.1) is 20.9 Å². The molecule has 11 heteroatoms. The summed E-state index contributed by atoms with van der Waals surface area (Å²) in [6.07, 6.45) is 0.901. The zero-order valence-electron chi connectivity index (χ0n) is 16.5. The van der Waals surface area contributed by atoms with Crippen molar-refractivity contribution in [2.75, 3.05) is 11.6 Å². The van der Waals surface area contributed by atoms with Crippen molar-refractivity contribution in [3.63, 3.8) is 0 Å². The van der Waals surface area contributed by atoms with Crippen molar-refractivity contribution in [2.45, 2.75) is 4.90 Å². The van der Waals surface area contributed by atoms with E-state index in [1.165, 1.54) is 12.1 Å². The van der Waals surface area contributed by atoms with Gasteiger partial charge >= 0.3 is 0 Å². The molecular formula is C21H15FN4O5S. The molecule has 162 valence electrons. The third-order valence-corrected chi connectivity index (χ3v) is 5.74. The number of rotatable bonds is 5. The fraction of sp³-hybridized carbons (Fsp3) is 0.0476. The Morgan fingerprint density at radius 1 is 1.09 bits per heavy atom. The second-order valence-corrected chi connectivity index (χ2v) is 9.04. The Hall–Kier alpha value is -4.12. The van der Waals surface area contributed by atoms with E-state index < -0.39 is 26.4 Å². The molecule has 0 bridgehead atoms. The van der Waals surface area contributed by atoms with Crippen LogP contribution in [0.2, 0.25) is 0 Å². The summed E-state index contributed by atoms with van der Waals surface area (Å²) >= 11 is 0. The van der Waals surface area contributed by atoms with Gasteiger partial charge in [0.2, 0.25) is 0 Å². The predicted octanol–water partition coefficient (Wildman–Crippen LogP) is 3.93. The summed E-state index contributed by atoms with van der Waals surface area (Å²) in [7, 11) is -3.76. The van der Waals surface area contributed by atoms with Crippen LogP contribution >= 0.6 is 0 Å². The predicted molar refractivity (Wildman–Crippen MR) is 116 cm³/mol. The minimum atomic E-state index is -3.76. The van der Waals surface area contributed by atoms with Crippen LogP contribution in [-0.4, -0.2) is 35.5 Å². The summed E-state index contributed by atoms with van der Waals surface area (Å²) in [6.45, 7) is 0. The molecule has 1 aromatic heterocycles. The number of nitrogens with zero attached hydrogens (tertiary/aromatic N) is 2. The van der Waals surface area contributed by atoms with Crippen molar-refractivity contribution in [2.24, 2.45) is 0 Å². The van der Waals surface area contributed by atoms with Crippen LogP contribution in [0, 0.1) is 15.9 Å². The van der Waals surface area contributed by atoms with Gasteiger partial charge in [0.1, 0.15) is 11.6 Å². The highest BCUT2D eigenvalue weighted by Gasteiger charge is 2.19. The maximum Gasteiger partial charge on any atom is 0.271 e. The minimum Gasteiger partial charge on any atom is -0.338 e. The number of aromatic amines is 1. The molecule has 4 aromatic rings. The molecule has 32 heavy (non-hydrogen) atoms. The number of aromatic nitrogens is 2. The first-order chi connectivity index (χ1) is 15.1. The van der Waals surface area contributed by atoms with Gasteiger partial charge < -0.3 is 10.3 Å². The van der Waals surface area contributed by atoms with Gasteiger partial charge in [0.25, 0.3) is 11.6 Å². The number of hydrogen-bond acceptors (Lipinski definition) is 6. The standard InChI is InChI=1S/C21H15FN4O5S/c1-32(30,31)17-9-13(8-16(11-17)26(28)29)21(27)23-15-6-7-18-19(10-15)25-20(24-18)12-2-4-14(22)5-3-12/h2-11H,1H3,(H,23,27)(H,24,25). The van der Waals surface area contributed by atoms with Crippen molar-refractivity contribution in [3.05, 3.63) is 82.2 Å². The third-order valence-electron chi connectivity index (χ3n) is 4.65. The molecule has 0 spiro atoms. The Morgan fingerprint density at radius 3 is 2.47 bits per heavy atom. The molecule has 0 aliphatic carbocycles. The summed E-state index contributed by atoms with van der Waals surface area (Å²) in [5.74, 6) is -0.564. The lowest BCUT2D eigenvalue weighted by Gasteiger charge is -2.07. The third kappa shape index (κ3) is 4.32. The number of halogens is 1. The van der Waals surface area contributed by atoms with Crippen LogP contribution in [0.1, 0.15) is 10.4 Å². The van der Waals surface area contributed by atoms with Crippen LogP contribution in [0.15, 0.2) is 65.6 Å². The van der Waals surface area contributed by atoms with Crippen molar-refractivity contribution < 1.29 is 22.5 Å². The van der Waals surface area contributed by atoms with Crippen molar-refractivity contribution >= 4 is 38.2 Å². The number of imidazole rings is 1. The number of non-ortho nitro benzene ring substituents is 1. The molecule has 9 nitrogen and oxygen atoms in total. The zero-order valence-corrected chi connectivity index (χ0v) is 17.3. The molecule has 0 radical (unpaired) electrons. The van der Waals surface area contributed by atoms with Crippen LogP contribution < -0.4 is 5.32 Å². The largest absolute Gasteiger partial charge is 0.338 e. The first-order valence-electron chi connectivity index (χ1n) is 9.17. The number of amides is 1. The lowest BCUT2D eigenvalue weighted by atomic mass is 10.2. The normalized spacial score (nSPS) is 11.4. The van der Waals surface area contributed by atoms with Gasteiger partial charge in [-0.25, -0.2) is 17.8 Å². The van der Waals surface area contributed by atoms with E-state index in [1.54, 1.807) is 30.3 Å². The number of nitrogens with one attached hydrogen (secondary N) is 2. The molecule has 0 fully saturated rings. The van der Waals surface area contributed by atoms with E-state index in [0.717, 1.165) is 24.5 Å². The molecule has 2 N–H and O–H groups in total. The fourth-order valence-corrected chi connectivity index (χ4v) is 3.74. The van der Waals surface area contributed by atoms with Gasteiger partial charge in [0.15, 0.2) is 9.84 Å². The number of hydrogen-bond donors (Lipinski definition) is 2. The molecule has 0 aliphatic rings. The molecule has 1 heterocycles. The minimum absolute atomic E-state index is 0.170. The SMILES string of the molecule is CS(=O)(=O)c1cc(C(=O)Nc2ccc3nc(-c4ccc(F)cc4)[nH]c3c2)cc([N+](=O)[O-])c1. The number of carbonyl (C=O) groups excluding carboxylic acids is 1. The van der Waals surface area contributed by atoms with Crippen LogP contribution in [0.5, 0.6) is 0 Å². The van der Waals surface area contributed by atoms with Crippen LogP contribution in [0.4, 0.5) is 15.8 Å². The number of fused-ring (bicyclic) bond motifs is 1. The molecule has 1 amide bonds. The number of sulfone groups is 1. The van der Waals surface area contributed by atoms with E-state index in [1.807, 2.05) is 0 Å². The van der Waals surface area contributed by atoms with Gasteiger partial charge in [-0.2, -0.15) is 0 Å². The Bertz CT molecular complexity index is 1480. The molecule has 0 saturated carbocycles. The number of nitro groups is 1. The van der Waals surface area contributed by atoms with E-state index in [-0.39, 0.29) is 16.3 Å². The van der Waals surface area contributed by atoms with E-state index in [2.05, 4.69) is 15.3 Å². The summed E-state index contributed by atoms with van der Waals surface area (Å²) in [4.78, 5) is 30.2. The van der Waals surface area contributed by atoms with Crippen LogP contribution in [-0.2, 0) is 9.84 Å². The van der Waals surface area contributed by atoms with E-state index in [9.17, 15) is 27.7 Å². The molecule has 0 atom stereocenters. The highest BCUT2D eigenvalue weighted by molar-refractivity contribution is 7.90. The summed E-state index contributed by atoms with van der Waals surface area (Å²) in [5, 5.41) is 13.7. The Kier molecular flexibility index (Phi) is 5.18. The molecule has 4 rings (SSSR count). The first kappa shape index (κ1) is 21.1. The maximum atomic E-state index is 13.1. The van der Waals surface area contributed by atoms with Crippen LogP contribution in [0.25, 0.3) is 22.4 Å². The number of carbonyl (C=O) groups is 1. The lowest BCUT2D eigenvalue weighted by Crippen LogP contribution is -2.13. The molecule has 0 aliphatic heterocycles. The van der Waals surface area contributed by atoms with Gasteiger partial charge in [-0.05, 0) is 48.5 Å². The molecule has 3 aromatic carbocycles. The van der Waals surface area contributed by atoms with Gasteiger partial charge in [-0.3, -0.25) is 14.9 Å². The van der Waals surface area contributed by atoms with Crippen molar-refractivity contribution in [3.8, 4) is 11.4 Å². The Morgan fingerprint density at radius 2 is 1.81 bits per heavy atom. The summed E-state index contributed by atoms with van der Waals surface area (Å²) in [6, 6.07) is 13.6. The monoisotopic (exact) mass is 454 g/mol. The second kappa shape index (κ2) is 7.85. The fourth-order valence-electron chi connectivity index (χ4n) is 3.07. The maximum absolute atomic E-state index is 13.1. The summed E-state index contributed by atoms with van der Waals surface area (Å²) in [5.41, 5.74) is 1.57. The topological polar surface area (TPSA) is 135 Å². The van der Waals surface area contributed by atoms with Gasteiger partial charge in [-0.1, -0.05) is 0 Å². The number of H-pyrrole nitrogens is 1. The van der Waals surface area contributed by atoms with Crippen molar-refractivity contribution in [1.29, 1.82) is 0 Å². The Balaban J connectivity index is 1.64. The van der Waals surface area contributed by atoms with Crippen molar-refractivity contribution in [1.82, 2.24) is 9.97 Å². The van der Waals surface area contributed by atoms with E-state index in [0.29, 0.717) is 28.1 Å². The number of benzene rings is 3. The second-order valence-electron chi connectivity index (χ2n) is 7.02. The average molecular weight is 454 g/mol. The lowest BCUT2D eigenvalue weighted by molar-refractivity contribution is -0.385. The number of nitro benzene ring substituents is 1. The zero-order chi connectivity index (χ0) is 23.0.